The number of amides is 1. The molecular weight excluding hydrogens is 318 g/mol. The first-order chi connectivity index (χ1) is 12.2. The molecule has 0 unspecified atom stereocenters. The van der Waals surface area contributed by atoms with Crippen LogP contribution in [-0.4, -0.2) is 48.8 Å². The number of anilines is 1. The van der Waals surface area contributed by atoms with E-state index in [-0.39, 0.29) is 5.91 Å². The van der Waals surface area contributed by atoms with Gasteiger partial charge in [0.25, 0.3) is 0 Å². The summed E-state index contributed by atoms with van der Waals surface area (Å²) in [5.74, 6) is 1.71. The van der Waals surface area contributed by atoms with E-state index in [1.807, 2.05) is 48.2 Å². The molecule has 1 aromatic heterocycles. The minimum absolute atomic E-state index is 0.133. The molecule has 0 aliphatic carbocycles. The molecule has 1 fully saturated rings. The molecule has 1 saturated heterocycles. The highest BCUT2D eigenvalue weighted by Gasteiger charge is 2.27. The number of pyridine rings is 1. The highest BCUT2D eigenvalue weighted by Crippen LogP contribution is 2.15. The molecule has 1 amide bonds. The molecule has 0 spiro atoms. The molecule has 6 heteroatoms. The molecule has 1 aliphatic heterocycles. The Morgan fingerprint density at radius 1 is 1.12 bits per heavy atom. The summed E-state index contributed by atoms with van der Waals surface area (Å²) in [7, 11) is 0. The SMILES string of the molecule is CCOc1ccc(CC(=O)N2CCN(c3cccc[n+]3O)CC2)cc1. The number of benzene rings is 1. The number of aromatic nitrogens is 1. The lowest BCUT2D eigenvalue weighted by Crippen LogP contribution is -2.52. The van der Waals surface area contributed by atoms with Crippen molar-refractivity contribution in [2.45, 2.75) is 13.3 Å². The van der Waals surface area contributed by atoms with Crippen molar-refractivity contribution in [1.82, 2.24) is 4.90 Å². The Morgan fingerprint density at radius 2 is 1.84 bits per heavy atom. The molecule has 1 aromatic carbocycles. The monoisotopic (exact) mass is 342 g/mol. The van der Waals surface area contributed by atoms with Crippen LogP contribution in [0.25, 0.3) is 0 Å². The minimum atomic E-state index is 0.133. The highest BCUT2D eigenvalue weighted by atomic mass is 16.5. The number of rotatable bonds is 5. The van der Waals surface area contributed by atoms with Gasteiger partial charge in [-0.25, -0.2) is 0 Å². The summed E-state index contributed by atoms with van der Waals surface area (Å²) in [5, 5.41) is 9.88. The summed E-state index contributed by atoms with van der Waals surface area (Å²) in [6, 6.07) is 13.2. The van der Waals surface area contributed by atoms with Crippen molar-refractivity contribution >= 4 is 11.7 Å². The summed E-state index contributed by atoms with van der Waals surface area (Å²) in [4.78, 5) is 16.5. The van der Waals surface area contributed by atoms with Crippen molar-refractivity contribution in [1.29, 1.82) is 0 Å². The van der Waals surface area contributed by atoms with Crippen molar-refractivity contribution in [2.75, 3.05) is 37.7 Å². The molecule has 1 N–H and O–H groups in total. The maximum Gasteiger partial charge on any atom is 0.316 e. The van der Waals surface area contributed by atoms with E-state index in [1.54, 1.807) is 12.3 Å². The average molecular weight is 342 g/mol. The van der Waals surface area contributed by atoms with E-state index in [1.165, 1.54) is 0 Å². The second-order valence-corrected chi connectivity index (χ2v) is 6.02. The van der Waals surface area contributed by atoms with Gasteiger partial charge < -0.3 is 14.8 Å². The smallest absolute Gasteiger partial charge is 0.316 e. The van der Waals surface area contributed by atoms with Gasteiger partial charge in [0.15, 0.2) is 0 Å². The molecule has 0 atom stereocenters. The Kier molecular flexibility index (Phi) is 5.38. The number of carbonyl (C=O) groups excluding carboxylic acids is 1. The first-order valence-electron chi connectivity index (χ1n) is 8.62. The predicted molar refractivity (Wildman–Crippen MR) is 93.9 cm³/mol. The molecule has 6 nitrogen and oxygen atoms in total. The van der Waals surface area contributed by atoms with Crippen molar-refractivity contribution < 1.29 is 19.5 Å². The number of carbonyl (C=O) groups is 1. The maximum absolute atomic E-state index is 12.5. The Hall–Kier alpha value is -2.76. The molecule has 25 heavy (non-hydrogen) atoms. The molecule has 2 heterocycles. The van der Waals surface area contributed by atoms with E-state index in [0.717, 1.165) is 21.9 Å². The third-order valence-corrected chi connectivity index (χ3v) is 4.36. The number of ether oxygens (including phenoxy) is 1. The van der Waals surface area contributed by atoms with Crippen LogP contribution in [0, 0.1) is 0 Å². The largest absolute Gasteiger partial charge is 0.494 e. The zero-order valence-corrected chi connectivity index (χ0v) is 14.5. The number of nitrogens with zero attached hydrogens (tertiary/aromatic N) is 3. The Labute approximate surface area is 147 Å². The van der Waals surface area contributed by atoms with E-state index < -0.39 is 0 Å². The second-order valence-electron chi connectivity index (χ2n) is 6.02. The summed E-state index contributed by atoms with van der Waals surface area (Å²) >= 11 is 0. The van der Waals surface area contributed by atoms with Crippen molar-refractivity contribution in [3.8, 4) is 5.75 Å². The van der Waals surface area contributed by atoms with Crippen LogP contribution < -0.4 is 14.4 Å². The Morgan fingerprint density at radius 3 is 2.48 bits per heavy atom. The van der Waals surface area contributed by atoms with Crippen LogP contribution in [0.15, 0.2) is 48.7 Å². The van der Waals surface area contributed by atoms with Gasteiger partial charge in [-0.3, -0.25) is 9.69 Å². The fraction of sp³-hybridized carbons (Fsp3) is 0.368. The van der Waals surface area contributed by atoms with Gasteiger partial charge in [-0.15, -0.1) is 0 Å². The fourth-order valence-electron chi connectivity index (χ4n) is 3.02. The third kappa shape index (κ3) is 4.21. The van der Waals surface area contributed by atoms with E-state index in [9.17, 15) is 10.0 Å². The highest BCUT2D eigenvalue weighted by molar-refractivity contribution is 5.79. The topological polar surface area (TPSA) is 56.9 Å². The molecule has 0 saturated carbocycles. The number of piperazine rings is 1. The summed E-state index contributed by atoms with van der Waals surface area (Å²) in [5.41, 5.74) is 0.993. The molecule has 132 valence electrons. The zero-order chi connectivity index (χ0) is 17.6. The van der Waals surface area contributed by atoms with Crippen molar-refractivity contribution in [3.63, 3.8) is 0 Å². The fourth-order valence-corrected chi connectivity index (χ4v) is 3.02. The standard InChI is InChI=1S/C19H24N3O3/c1-2-25-17-8-6-16(7-9-17)15-19(23)21-13-11-20(12-14-21)18-5-3-4-10-22(18)24/h3-10,24H,2,11-15H2,1H3/q+1. The first kappa shape index (κ1) is 17.1. The van der Waals surface area contributed by atoms with E-state index in [4.69, 9.17) is 4.74 Å². The van der Waals surface area contributed by atoms with Crippen LogP contribution in [0.3, 0.4) is 0 Å². The average Bonchev–Trinajstić information content (AvgIpc) is 2.64. The van der Waals surface area contributed by atoms with Crippen molar-refractivity contribution in [2.24, 2.45) is 0 Å². The maximum atomic E-state index is 12.5. The van der Waals surface area contributed by atoms with Gasteiger partial charge in [-0.2, -0.15) is 0 Å². The quantitative estimate of drug-likeness (QED) is 0.661. The molecule has 3 rings (SSSR count). The van der Waals surface area contributed by atoms with Crippen LogP contribution in [0.4, 0.5) is 5.82 Å². The first-order valence-corrected chi connectivity index (χ1v) is 8.62. The van der Waals surface area contributed by atoms with E-state index in [2.05, 4.69) is 4.90 Å². The predicted octanol–water partition coefficient (Wildman–Crippen LogP) is 1.50. The zero-order valence-electron chi connectivity index (χ0n) is 14.5. The molecule has 2 aromatic rings. The normalized spacial score (nSPS) is 14.4. The van der Waals surface area contributed by atoms with E-state index in [0.29, 0.717) is 39.2 Å². The van der Waals surface area contributed by atoms with Crippen LogP contribution in [0.2, 0.25) is 0 Å². The number of hydrogen-bond acceptors (Lipinski definition) is 4. The summed E-state index contributed by atoms with van der Waals surface area (Å²) in [6.45, 7) is 5.32. The minimum Gasteiger partial charge on any atom is -0.494 e. The second kappa shape index (κ2) is 7.88. The Bertz CT molecular complexity index is 710. The lowest BCUT2D eigenvalue weighted by atomic mass is 10.1. The van der Waals surface area contributed by atoms with Crippen molar-refractivity contribution in [3.05, 3.63) is 54.2 Å². The molecule has 1 aliphatic rings. The summed E-state index contributed by atoms with van der Waals surface area (Å²) < 4.78 is 6.54. The van der Waals surface area contributed by atoms with Gasteiger partial charge in [0.1, 0.15) is 25.0 Å². The van der Waals surface area contributed by atoms with Crippen LogP contribution in [0.5, 0.6) is 5.75 Å². The van der Waals surface area contributed by atoms with Gasteiger partial charge in [-0.1, -0.05) is 22.9 Å². The van der Waals surface area contributed by atoms with Gasteiger partial charge in [0.05, 0.1) is 26.1 Å². The lowest BCUT2D eigenvalue weighted by molar-refractivity contribution is -0.894. The lowest BCUT2D eigenvalue weighted by Gasteiger charge is -2.31. The third-order valence-electron chi connectivity index (χ3n) is 4.36. The van der Waals surface area contributed by atoms with Gasteiger partial charge in [-0.05, 0) is 30.7 Å². The van der Waals surface area contributed by atoms with Crippen LogP contribution >= 0.6 is 0 Å². The molecule has 0 radical (unpaired) electrons. The van der Waals surface area contributed by atoms with Gasteiger partial charge in [0.2, 0.25) is 5.91 Å². The molecular formula is C19H24N3O3+. The van der Waals surface area contributed by atoms with Gasteiger partial charge >= 0.3 is 5.82 Å². The van der Waals surface area contributed by atoms with Crippen LogP contribution in [0.1, 0.15) is 12.5 Å². The van der Waals surface area contributed by atoms with E-state index >= 15 is 0 Å². The Balaban J connectivity index is 1.54. The van der Waals surface area contributed by atoms with Gasteiger partial charge in [0, 0.05) is 6.07 Å². The summed E-state index contributed by atoms with van der Waals surface area (Å²) in [6.07, 6.45) is 2.01. The number of hydrogen-bond donors (Lipinski definition) is 1. The molecule has 0 bridgehead atoms. The van der Waals surface area contributed by atoms with Crippen LogP contribution in [-0.2, 0) is 11.2 Å².